The molecule has 1 N–H and O–H groups in total. The van der Waals surface area contributed by atoms with Crippen LogP contribution in [0.3, 0.4) is 0 Å². The molecule has 0 amide bonds. The fourth-order valence-corrected chi connectivity index (χ4v) is 3.64. The lowest BCUT2D eigenvalue weighted by molar-refractivity contribution is -0.151. The predicted molar refractivity (Wildman–Crippen MR) is 101 cm³/mol. The summed E-state index contributed by atoms with van der Waals surface area (Å²) in [6.45, 7) is 7.25. The summed E-state index contributed by atoms with van der Waals surface area (Å²) in [7, 11) is 0. The minimum atomic E-state index is -0.677. The predicted octanol–water partition coefficient (Wildman–Crippen LogP) is 3.59. The van der Waals surface area contributed by atoms with E-state index in [9.17, 15) is 9.59 Å². The van der Waals surface area contributed by atoms with Crippen molar-refractivity contribution in [3.05, 3.63) is 56.4 Å². The number of esters is 1. The van der Waals surface area contributed by atoms with Crippen LogP contribution in [0.2, 0.25) is 0 Å². The molecular weight excluding hydrogens is 352 g/mol. The van der Waals surface area contributed by atoms with Crippen LogP contribution in [0.15, 0.2) is 29.1 Å². The summed E-state index contributed by atoms with van der Waals surface area (Å²) in [4.78, 5) is 33.2. The summed E-state index contributed by atoms with van der Waals surface area (Å²) in [6, 6.07) is 7.41. The maximum Gasteiger partial charge on any atom is 0.344 e. The molecule has 3 aromatic rings. The fraction of sp³-hybridized carbons (Fsp3) is 0.316. The first-order valence-corrected chi connectivity index (χ1v) is 9.05. The first-order chi connectivity index (χ1) is 12.3. The maximum atomic E-state index is 12.3. The molecule has 0 fully saturated rings. The monoisotopic (exact) mass is 372 g/mol. The molecule has 6 nitrogen and oxygen atoms in total. The first kappa shape index (κ1) is 18.1. The highest BCUT2D eigenvalue weighted by atomic mass is 32.1. The van der Waals surface area contributed by atoms with Crippen LogP contribution < -0.4 is 10.3 Å². The van der Waals surface area contributed by atoms with E-state index >= 15 is 0 Å². The summed E-state index contributed by atoms with van der Waals surface area (Å²) < 4.78 is 10.8. The van der Waals surface area contributed by atoms with Crippen molar-refractivity contribution >= 4 is 27.5 Å². The average Bonchev–Trinajstić information content (AvgIpc) is 2.87. The van der Waals surface area contributed by atoms with Crippen molar-refractivity contribution in [2.75, 3.05) is 6.61 Å². The molecule has 0 aliphatic carbocycles. The molecule has 26 heavy (non-hydrogen) atoms. The van der Waals surface area contributed by atoms with Crippen LogP contribution in [0.1, 0.15) is 34.9 Å². The van der Waals surface area contributed by atoms with Crippen molar-refractivity contribution in [3.63, 3.8) is 0 Å². The molecule has 1 aromatic carbocycles. The number of aromatic nitrogens is 2. The number of thiophene rings is 1. The Morgan fingerprint density at radius 1 is 1.31 bits per heavy atom. The van der Waals surface area contributed by atoms with Gasteiger partial charge < -0.3 is 14.5 Å². The highest BCUT2D eigenvalue weighted by Crippen LogP contribution is 2.26. The van der Waals surface area contributed by atoms with Crippen LogP contribution in [0.4, 0.5) is 0 Å². The number of rotatable bonds is 5. The normalized spacial score (nSPS) is 12.2. The molecular formula is C19H20N2O4S. The fourth-order valence-electron chi connectivity index (χ4n) is 2.60. The number of carbonyl (C=O) groups excluding carboxylic acids is 1. The number of H-pyrrole nitrogens is 1. The molecule has 0 radical (unpaired) electrons. The number of hydrogen-bond acceptors (Lipinski definition) is 6. The van der Waals surface area contributed by atoms with Crippen molar-refractivity contribution in [3.8, 4) is 5.75 Å². The number of aromatic amines is 1. The number of aryl methyl sites for hydroxylation is 3. The second-order valence-electron chi connectivity index (χ2n) is 6.15. The lowest BCUT2D eigenvalue weighted by Gasteiger charge is -2.13. The van der Waals surface area contributed by atoms with Gasteiger partial charge >= 0.3 is 5.97 Å². The molecule has 7 heteroatoms. The molecule has 0 saturated heterocycles. The van der Waals surface area contributed by atoms with Gasteiger partial charge in [0.25, 0.3) is 5.56 Å². The molecule has 3 rings (SSSR count). The molecule has 0 saturated carbocycles. The molecule has 0 aliphatic heterocycles. The lowest BCUT2D eigenvalue weighted by atomic mass is 10.2. The van der Waals surface area contributed by atoms with Gasteiger partial charge in [-0.15, -0.1) is 11.3 Å². The lowest BCUT2D eigenvalue weighted by Crippen LogP contribution is -2.20. The summed E-state index contributed by atoms with van der Waals surface area (Å²) in [5.74, 6) is 0.403. The average molecular weight is 372 g/mol. The Kier molecular flexibility index (Phi) is 5.08. The third kappa shape index (κ3) is 3.77. The number of benzene rings is 1. The van der Waals surface area contributed by atoms with Crippen molar-refractivity contribution < 1.29 is 14.3 Å². The van der Waals surface area contributed by atoms with E-state index in [1.165, 1.54) is 11.3 Å². The quantitative estimate of drug-likeness (QED) is 0.692. The van der Waals surface area contributed by atoms with Gasteiger partial charge in [0.05, 0.1) is 5.39 Å². The van der Waals surface area contributed by atoms with Gasteiger partial charge in [-0.1, -0.05) is 12.1 Å². The molecule has 0 spiro atoms. The van der Waals surface area contributed by atoms with Crippen molar-refractivity contribution in [1.29, 1.82) is 0 Å². The second-order valence-corrected chi connectivity index (χ2v) is 7.36. The first-order valence-electron chi connectivity index (χ1n) is 8.24. The molecule has 0 aliphatic rings. The number of nitrogens with one attached hydrogen (secondary N) is 1. The van der Waals surface area contributed by atoms with Crippen LogP contribution >= 0.6 is 11.3 Å². The number of hydrogen-bond donors (Lipinski definition) is 1. The smallest absolute Gasteiger partial charge is 0.344 e. The van der Waals surface area contributed by atoms with E-state index < -0.39 is 12.1 Å². The number of fused-ring (bicyclic) bond motifs is 1. The Morgan fingerprint density at radius 3 is 2.81 bits per heavy atom. The molecule has 0 bridgehead atoms. The second kappa shape index (κ2) is 7.29. The van der Waals surface area contributed by atoms with Crippen LogP contribution in [0, 0.1) is 20.8 Å². The van der Waals surface area contributed by atoms with Crippen LogP contribution in [-0.4, -0.2) is 22.5 Å². The van der Waals surface area contributed by atoms with Gasteiger partial charge in [-0.25, -0.2) is 9.78 Å². The summed E-state index contributed by atoms with van der Waals surface area (Å²) in [5.41, 5.74) is 1.76. The highest BCUT2D eigenvalue weighted by Gasteiger charge is 2.18. The van der Waals surface area contributed by atoms with E-state index in [-0.39, 0.29) is 12.2 Å². The molecule has 136 valence electrons. The van der Waals surface area contributed by atoms with E-state index in [0.29, 0.717) is 21.8 Å². The Hall–Kier alpha value is -2.67. The topological polar surface area (TPSA) is 81.3 Å². The van der Waals surface area contributed by atoms with E-state index in [1.807, 2.05) is 39.0 Å². The van der Waals surface area contributed by atoms with Crippen molar-refractivity contribution in [2.24, 2.45) is 0 Å². The SMILES string of the molecule is Cc1cccc(OCC(=O)O[C@H](C)c2nc3sc(C)c(C)c3c(=O)[nH]2)c1. The van der Waals surface area contributed by atoms with Gasteiger partial charge in [-0.05, 0) is 51.0 Å². The van der Waals surface area contributed by atoms with Crippen LogP contribution in [0.5, 0.6) is 5.75 Å². The van der Waals surface area contributed by atoms with Crippen molar-refractivity contribution in [2.45, 2.75) is 33.8 Å². The Balaban J connectivity index is 1.69. The molecule has 2 heterocycles. The zero-order valence-corrected chi connectivity index (χ0v) is 15.9. The third-order valence-corrected chi connectivity index (χ3v) is 5.20. The Bertz CT molecular complexity index is 1020. The minimum Gasteiger partial charge on any atom is -0.482 e. The van der Waals surface area contributed by atoms with Gasteiger partial charge in [-0.3, -0.25) is 4.79 Å². The van der Waals surface area contributed by atoms with Gasteiger partial charge in [0, 0.05) is 4.88 Å². The largest absolute Gasteiger partial charge is 0.482 e. The highest BCUT2D eigenvalue weighted by molar-refractivity contribution is 7.18. The number of ether oxygens (including phenoxy) is 2. The zero-order chi connectivity index (χ0) is 18.8. The number of nitrogens with zero attached hydrogens (tertiary/aromatic N) is 1. The van der Waals surface area contributed by atoms with Crippen molar-refractivity contribution in [1.82, 2.24) is 9.97 Å². The minimum absolute atomic E-state index is 0.211. The van der Waals surface area contributed by atoms with E-state index in [4.69, 9.17) is 9.47 Å². The maximum absolute atomic E-state index is 12.3. The van der Waals surface area contributed by atoms with Gasteiger partial charge in [0.1, 0.15) is 10.6 Å². The summed E-state index contributed by atoms with van der Waals surface area (Å²) in [5, 5.41) is 0.595. The molecule has 2 aromatic heterocycles. The Labute approximate surface area is 154 Å². The number of carbonyl (C=O) groups is 1. The van der Waals surface area contributed by atoms with Crippen LogP contribution in [0.25, 0.3) is 10.2 Å². The Morgan fingerprint density at radius 2 is 2.08 bits per heavy atom. The molecule has 0 unspecified atom stereocenters. The standard InChI is InChI=1S/C19H20N2O4S/c1-10-6-5-7-14(8-10)24-9-15(22)25-12(3)17-20-18(23)16-11(2)13(4)26-19(16)21-17/h5-8,12H,9H2,1-4H3,(H,20,21,23)/t12-/m1/s1. The summed E-state index contributed by atoms with van der Waals surface area (Å²) >= 11 is 1.46. The van der Waals surface area contributed by atoms with E-state index in [2.05, 4.69) is 9.97 Å². The van der Waals surface area contributed by atoms with Gasteiger partial charge in [0.2, 0.25) is 0 Å². The van der Waals surface area contributed by atoms with Crippen LogP contribution in [-0.2, 0) is 9.53 Å². The zero-order valence-electron chi connectivity index (χ0n) is 15.1. The van der Waals surface area contributed by atoms with E-state index in [1.54, 1.807) is 13.0 Å². The third-order valence-electron chi connectivity index (χ3n) is 4.10. The summed E-state index contributed by atoms with van der Waals surface area (Å²) in [6.07, 6.45) is -0.677. The van der Waals surface area contributed by atoms with Gasteiger partial charge in [-0.2, -0.15) is 0 Å². The van der Waals surface area contributed by atoms with E-state index in [0.717, 1.165) is 16.0 Å². The molecule has 1 atom stereocenters. The van der Waals surface area contributed by atoms with Gasteiger partial charge in [0.15, 0.2) is 18.5 Å².